The van der Waals surface area contributed by atoms with Gasteiger partial charge in [-0.2, -0.15) is 10.1 Å². The first-order chi connectivity index (χ1) is 13.1. The van der Waals surface area contributed by atoms with Gasteiger partial charge in [-0.3, -0.25) is 15.6 Å². The van der Waals surface area contributed by atoms with Crippen molar-refractivity contribution in [2.45, 2.75) is 12.2 Å². The van der Waals surface area contributed by atoms with E-state index in [1.807, 2.05) is 43.3 Å². The number of thioether (sulfide) groups is 1. The van der Waals surface area contributed by atoms with Crippen LogP contribution >= 0.6 is 11.8 Å². The first kappa shape index (κ1) is 17.3. The first-order valence-electron chi connectivity index (χ1n) is 8.33. The molecule has 1 atom stereocenters. The van der Waals surface area contributed by atoms with Gasteiger partial charge in [0.2, 0.25) is 0 Å². The van der Waals surface area contributed by atoms with Crippen LogP contribution in [0.4, 0.5) is 5.69 Å². The van der Waals surface area contributed by atoms with E-state index >= 15 is 0 Å². The van der Waals surface area contributed by atoms with Crippen molar-refractivity contribution >= 4 is 40.6 Å². The van der Waals surface area contributed by atoms with E-state index in [1.165, 1.54) is 16.8 Å². The van der Waals surface area contributed by atoms with Crippen molar-refractivity contribution < 1.29 is 9.53 Å². The Kier molecular flexibility index (Phi) is 4.41. The molecule has 7 nitrogen and oxygen atoms in total. The lowest BCUT2D eigenvalue weighted by atomic mass is 9.97. The maximum atomic E-state index is 11.6. The number of fused-ring (bicyclic) bond motifs is 1. The average Bonchev–Trinajstić information content (AvgIpc) is 2.67. The van der Waals surface area contributed by atoms with Crippen LogP contribution < -0.4 is 10.1 Å². The zero-order valence-electron chi connectivity index (χ0n) is 14.5. The van der Waals surface area contributed by atoms with E-state index < -0.39 is 0 Å². The second-order valence-electron chi connectivity index (χ2n) is 6.17. The highest BCUT2D eigenvalue weighted by Crippen LogP contribution is 2.40. The van der Waals surface area contributed by atoms with Gasteiger partial charge in [-0.05, 0) is 36.2 Å². The molecule has 1 amide bonds. The third-order valence-corrected chi connectivity index (χ3v) is 5.53. The number of hydrogen-bond donors (Lipinski definition) is 3. The van der Waals surface area contributed by atoms with Crippen LogP contribution in [0.1, 0.15) is 21.9 Å². The van der Waals surface area contributed by atoms with Crippen LogP contribution in [-0.4, -0.2) is 34.7 Å². The maximum Gasteiger partial charge on any atom is 0.262 e. The van der Waals surface area contributed by atoms with Gasteiger partial charge in [0.25, 0.3) is 5.91 Å². The Morgan fingerprint density at radius 1 is 1.33 bits per heavy atom. The Bertz CT molecular complexity index is 988. The van der Waals surface area contributed by atoms with Gasteiger partial charge in [-0.25, -0.2) is 0 Å². The van der Waals surface area contributed by atoms with Crippen LogP contribution in [0.2, 0.25) is 0 Å². The summed E-state index contributed by atoms with van der Waals surface area (Å²) in [4.78, 5) is 11.6. The van der Waals surface area contributed by atoms with Crippen molar-refractivity contribution in [3.63, 3.8) is 0 Å². The topological polar surface area (TPSA) is 102 Å². The van der Waals surface area contributed by atoms with Gasteiger partial charge >= 0.3 is 0 Å². The molecular weight excluding hydrogens is 362 g/mol. The number of carbonyl (C=O) groups excluding carboxylic acids is 1. The zero-order valence-corrected chi connectivity index (χ0v) is 15.3. The molecule has 0 aliphatic carbocycles. The molecule has 0 spiro atoms. The predicted molar refractivity (Wildman–Crippen MR) is 107 cm³/mol. The Morgan fingerprint density at radius 2 is 2.15 bits per heavy atom. The smallest absolute Gasteiger partial charge is 0.262 e. The highest BCUT2D eigenvalue weighted by molar-refractivity contribution is 8.14. The standard InChI is InChI=1S/C19H17N5O2S/c1-11-4-2-3-5-13(11)18-17(23-24(10-20)19(21)27-18)12-6-7-15-14(8-12)22-16(25)9-26-15/h2-8,10,18,20-21H,9H2,1H3,(H,22,25). The lowest BCUT2D eigenvalue weighted by molar-refractivity contribution is -0.118. The van der Waals surface area contributed by atoms with Crippen LogP contribution in [0.5, 0.6) is 5.75 Å². The summed E-state index contributed by atoms with van der Waals surface area (Å²) in [5.74, 6) is 0.421. The molecule has 1 unspecified atom stereocenters. The minimum absolute atomic E-state index is 0.00766. The van der Waals surface area contributed by atoms with E-state index in [-0.39, 0.29) is 22.9 Å². The van der Waals surface area contributed by atoms with Gasteiger partial charge in [0.15, 0.2) is 11.8 Å². The number of rotatable bonds is 3. The number of carbonyl (C=O) groups is 1. The average molecular weight is 379 g/mol. The molecule has 8 heteroatoms. The molecule has 2 aliphatic rings. The molecule has 0 bridgehead atoms. The molecule has 2 aromatic carbocycles. The molecule has 4 rings (SSSR count). The summed E-state index contributed by atoms with van der Waals surface area (Å²) in [6.07, 6.45) is 1.02. The van der Waals surface area contributed by atoms with Gasteiger partial charge in [0.1, 0.15) is 12.1 Å². The predicted octanol–water partition coefficient (Wildman–Crippen LogP) is 3.36. The number of nitrogens with one attached hydrogen (secondary N) is 3. The van der Waals surface area contributed by atoms with Crippen LogP contribution in [0, 0.1) is 17.7 Å². The fourth-order valence-corrected chi connectivity index (χ4v) is 4.18. The highest BCUT2D eigenvalue weighted by atomic mass is 32.2. The fraction of sp³-hybridized carbons (Fsp3) is 0.158. The van der Waals surface area contributed by atoms with E-state index in [0.717, 1.165) is 28.7 Å². The lowest BCUT2D eigenvalue weighted by Crippen LogP contribution is -2.31. The van der Waals surface area contributed by atoms with E-state index in [0.29, 0.717) is 11.4 Å². The van der Waals surface area contributed by atoms with E-state index in [4.69, 9.17) is 15.6 Å². The molecule has 0 saturated heterocycles. The van der Waals surface area contributed by atoms with Crippen LogP contribution in [0.15, 0.2) is 47.6 Å². The SMILES string of the molecule is Cc1ccccc1C1SC(=N)N(C=N)N=C1c1ccc2c(c1)NC(=O)CO2. The molecule has 3 N–H and O–H groups in total. The van der Waals surface area contributed by atoms with Crippen molar-refractivity contribution in [1.82, 2.24) is 5.01 Å². The number of anilines is 1. The summed E-state index contributed by atoms with van der Waals surface area (Å²) in [5, 5.41) is 24.3. The highest BCUT2D eigenvalue weighted by Gasteiger charge is 2.31. The molecule has 0 aromatic heterocycles. The van der Waals surface area contributed by atoms with Crippen molar-refractivity contribution in [1.29, 1.82) is 10.8 Å². The van der Waals surface area contributed by atoms with Crippen molar-refractivity contribution in [2.75, 3.05) is 11.9 Å². The lowest BCUT2D eigenvalue weighted by Gasteiger charge is -2.30. The number of hydrogen-bond acceptors (Lipinski definition) is 6. The molecule has 0 radical (unpaired) electrons. The van der Waals surface area contributed by atoms with Gasteiger partial charge in [-0.1, -0.05) is 36.0 Å². The van der Waals surface area contributed by atoms with Gasteiger partial charge in [0.05, 0.1) is 16.6 Å². The number of amidine groups is 1. The third-order valence-electron chi connectivity index (χ3n) is 4.40. The van der Waals surface area contributed by atoms with Crippen molar-refractivity contribution in [2.24, 2.45) is 5.10 Å². The summed E-state index contributed by atoms with van der Waals surface area (Å²) in [5.41, 5.74) is 4.29. The van der Waals surface area contributed by atoms with Crippen molar-refractivity contribution in [3.8, 4) is 5.75 Å². The number of ether oxygens (including phenoxy) is 1. The third kappa shape index (κ3) is 3.19. The summed E-state index contributed by atoms with van der Waals surface area (Å²) in [6.45, 7) is 2.04. The Morgan fingerprint density at radius 3 is 2.93 bits per heavy atom. The maximum absolute atomic E-state index is 11.6. The van der Waals surface area contributed by atoms with Gasteiger partial charge < -0.3 is 10.1 Å². The van der Waals surface area contributed by atoms with E-state index in [1.54, 1.807) is 6.07 Å². The molecule has 0 fully saturated rings. The molecule has 2 aliphatic heterocycles. The normalized spacial score (nSPS) is 18.9. The quantitative estimate of drug-likeness (QED) is 0.562. The monoisotopic (exact) mass is 379 g/mol. The Labute approximate surface area is 160 Å². The van der Waals surface area contributed by atoms with Crippen LogP contribution in [-0.2, 0) is 4.79 Å². The minimum Gasteiger partial charge on any atom is -0.482 e. The fourth-order valence-electron chi connectivity index (χ4n) is 3.07. The minimum atomic E-state index is -0.196. The number of amides is 1. The van der Waals surface area contributed by atoms with Crippen molar-refractivity contribution in [3.05, 3.63) is 59.2 Å². The second-order valence-corrected chi connectivity index (χ2v) is 7.26. The van der Waals surface area contributed by atoms with Crippen LogP contribution in [0.3, 0.4) is 0 Å². The molecular formula is C19H17N5O2S. The summed E-state index contributed by atoms with van der Waals surface area (Å²) in [6, 6.07) is 13.5. The molecule has 2 aromatic rings. The van der Waals surface area contributed by atoms with Gasteiger partial charge in [-0.15, -0.1) is 0 Å². The Hall–Kier alpha value is -3.13. The first-order valence-corrected chi connectivity index (χ1v) is 9.21. The molecule has 2 heterocycles. The number of benzene rings is 2. The molecule has 136 valence electrons. The number of hydrazone groups is 1. The molecule has 0 saturated carbocycles. The number of aryl methyl sites for hydroxylation is 1. The summed E-state index contributed by atoms with van der Waals surface area (Å²) in [7, 11) is 0. The summed E-state index contributed by atoms with van der Waals surface area (Å²) >= 11 is 1.34. The summed E-state index contributed by atoms with van der Waals surface area (Å²) < 4.78 is 5.43. The van der Waals surface area contributed by atoms with E-state index in [2.05, 4.69) is 10.4 Å². The largest absolute Gasteiger partial charge is 0.482 e. The second kappa shape index (κ2) is 6.88. The van der Waals surface area contributed by atoms with Gasteiger partial charge in [0, 0.05) is 5.56 Å². The Balaban J connectivity index is 1.82. The van der Waals surface area contributed by atoms with Crippen LogP contribution in [0.25, 0.3) is 0 Å². The van der Waals surface area contributed by atoms with E-state index in [9.17, 15) is 4.79 Å². The molecule has 27 heavy (non-hydrogen) atoms. The zero-order chi connectivity index (χ0) is 19.0. The number of nitrogens with zero attached hydrogens (tertiary/aromatic N) is 2.